The summed E-state index contributed by atoms with van der Waals surface area (Å²) in [6.45, 7) is 1.33. The van der Waals surface area contributed by atoms with Crippen LogP contribution in [0, 0.1) is 0 Å². The van der Waals surface area contributed by atoms with Gasteiger partial charge in [-0.1, -0.05) is 30.7 Å². The fourth-order valence-electron chi connectivity index (χ4n) is 2.45. The highest BCUT2D eigenvalue weighted by atomic mass is 35.5. The zero-order valence-electron chi connectivity index (χ0n) is 16.9. The van der Waals surface area contributed by atoms with Gasteiger partial charge in [0.25, 0.3) is 0 Å². The molecule has 0 aliphatic rings. The highest BCUT2D eigenvalue weighted by Gasteiger charge is 2.64. The van der Waals surface area contributed by atoms with Gasteiger partial charge in [0.05, 0.1) is 5.69 Å². The average Bonchev–Trinajstić information content (AvgIpc) is 2.72. The van der Waals surface area contributed by atoms with Crippen LogP contribution in [-0.2, 0) is 16.0 Å². The Labute approximate surface area is 193 Å². The lowest BCUT2D eigenvalue weighted by Gasteiger charge is -2.21. The van der Waals surface area contributed by atoms with Crippen molar-refractivity contribution in [3.05, 3.63) is 35.0 Å². The number of aryl methyl sites for hydroxylation is 1. The molecule has 0 spiro atoms. The second kappa shape index (κ2) is 9.47. The van der Waals surface area contributed by atoms with Crippen LogP contribution >= 0.6 is 11.6 Å². The first-order valence-electron chi connectivity index (χ1n) is 9.01. The fraction of sp³-hybridized carbons (Fsp3) is 0.333. The first-order valence-corrected chi connectivity index (χ1v) is 9.39. The lowest BCUT2D eigenvalue weighted by molar-refractivity contribution is -0.267. The van der Waals surface area contributed by atoms with Crippen molar-refractivity contribution in [3.8, 4) is 11.1 Å². The number of aromatic nitrogens is 2. The number of rotatable bonds is 6. The summed E-state index contributed by atoms with van der Waals surface area (Å²) >= 11 is 5.73. The van der Waals surface area contributed by atoms with Crippen molar-refractivity contribution in [1.29, 1.82) is 0 Å². The summed E-state index contributed by atoms with van der Waals surface area (Å²) in [6.07, 6.45) is -12.9. The Morgan fingerprint density at radius 1 is 0.800 bits per heavy atom. The van der Waals surface area contributed by atoms with Gasteiger partial charge in [-0.05, 0) is 24.1 Å². The lowest BCUT2D eigenvalue weighted by atomic mass is 10.0. The number of anilines is 2. The summed E-state index contributed by atoms with van der Waals surface area (Å²) < 4.78 is 129. The van der Waals surface area contributed by atoms with Crippen molar-refractivity contribution in [3.63, 3.8) is 0 Å². The number of nitrogens with zero attached hydrogens (tertiary/aromatic N) is 2. The van der Waals surface area contributed by atoms with Crippen molar-refractivity contribution in [2.45, 2.75) is 37.5 Å². The number of carbonyl (C=O) groups is 2. The van der Waals surface area contributed by atoms with Crippen LogP contribution < -0.4 is 10.6 Å². The number of hydrogen-bond donors (Lipinski definition) is 2. The number of hydrogen-bond acceptors (Lipinski definition) is 4. The Hall–Kier alpha value is -3.17. The Bertz CT molecular complexity index is 1120. The van der Waals surface area contributed by atoms with Crippen molar-refractivity contribution >= 4 is 35.2 Å². The molecule has 1 heterocycles. The molecule has 2 aromatic rings. The maximum absolute atomic E-state index is 13.5. The molecule has 0 aliphatic heterocycles. The van der Waals surface area contributed by atoms with E-state index in [-0.39, 0.29) is 22.7 Å². The third-order valence-electron chi connectivity index (χ3n) is 4.19. The van der Waals surface area contributed by atoms with Gasteiger partial charge < -0.3 is 5.32 Å². The summed E-state index contributed by atoms with van der Waals surface area (Å²) in [5, 5.41) is 2.35. The van der Waals surface area contributed by atoms with Crippen LogP contribution in [0.2, 0.25) is 5.02 Å². The molecule has 0 unspecified atom stereocenters. The lowest BCUT2D eigenvalue weighted by Crippen LogP contribution is -2.48. The van der Waals surface area contributed by atoms with Gasteiger partial charge in [0, 0.05) is 10.6 Å². The van der Waals surface area contributed by atoms with Gasteiger partial charge >= 0.3 is 36.0 Å². The standard InChI is InChI=1S/C18H11ClF10N4O2/c1-2-9-10(7-3-5-8(19)6-4-7)11(31-12(34)15(20,21)17(24,25)26)32-14(30-9)33-13(35)16(22,23)18(27,28)29/h3-6H,2H2,1H3,(H2,30,31,32,33,34,35). The van der Waals surface area contributed by atoms with Crippen LogP contribution in [0.5, 0.6) is 0 Å². The third kappa shape index (κ3) is 5.74. The van der Waals surface area contributed by atoms with Crippen molar-refractivity contribution in [2.75, 3.05) is 10.6 Å². The molecule has 0 radical (unpaired) electrons. The molecule has 192 valence electrons. The van der Waals surface area contributed by atoms with Crippen LogP contribution in [0.1, 0.15) is 12.6 Å². The quantitative estimate of drug-likeness (QED) is 0.465. The minimum Gasteiger partial charge on any atom is -0.304 e. The van der Waals surface area contributed by atoms with E-state index in [1.165, 1.54) is 36.5 Å². The molecule has 1 aromatic carbocycles. The molecular weight excluding hydrogens is 530 g/mol. The molecule has 6 nitrogen and oxygen atoms in total. The van der Waals surface area contributed by atoms with Crippen LogP contribution in [0.15, 0.2) is 24.3 Å². The van der Waals surface area contributed by atoms with Crippen molar-refractivity contribution in [1.82, 2.24) is 9.97 Å². The Kier molecular flexibility index (Phi) is 7.59. The molecular formula is C18H11ClF10N4O2. The van der Waals surface area contributed by atoms with E-state index in [0.717, 1.165) is 5.32 Å². The Morgan fingerprint density at radius 3 is 1.69 bits per heavy atom. The molecule has 2 N–H and O–H groups in total. The molecule has 0 aliphatic carbocycles. The monoisotopic (exact) mass is 540 g/mol. The first-order chi connectivity index (χ1) is 15.8. The van der Waals surface area contributed by atoms with Gasteiger partial charge in [-0.3, -0.25) is 14.9 Å². The number of halogens is 11. The molecule has 2 rings (SSSR count). The van der Waals surface area contributed by atoms with E-state index in [0.29, 0.717) is 0 Å². The minimum absolute atomic E-state index is 0.0182. The number of amides is 2. The zero-order valence-corrected chi connectivity index (χ0v) is 17.6. The van der Waals surface area contributed by atoms with Crippen molar-refractivity contribution in [2.24, 2.45) is 0 Å². The Balaban J connectivity index is 2.66. The van der Waals surface area contributed by atoms with E-state index in [1.807, 2.05) is 0 Å². The average molecular weight is 541 g/mol. The minimum atomic E-state index is -6.34. The van der Waals surface area contributed by atoms with Crippen LogP contribution in [-0.4, -0.2) is 46.0 Å². The summed E-state index contributed by atoms with van der Waals surface area (Å²) in [5.74, 6) is -20.3. The third-order valence-corrected chi connectivity index (χ3v) is 4.44. The summed E-state index contributed by atoms with van der Waals surface area (Å²) in [7, 11) is 0. The maximum Gasteiger partial charge on any atom is 0.463 e. The predicted octanol–water partition coefficient (Wildman–Crippen LogP) is 5.63. The molecule has 0 atom stereocenters. The summed E-state index contributed by atoms with van der Waals surface area (Å²) in [4.78, 5) is 30.0. The maximum atomic E-state index is 13.5. The number of benzene rings is 1. The SMILES string of the molecule is CCc1nc(NC(=O)C(F)(F)C(F)(F)F)nc(NC(=O)C(F)(F)C(F)(F)F)c1-c1ccc(Cl)cc1. The van der Waals surface area contributed by atoms with Crippen LogP contribution in [0.3, 0.4) is 0 Å². The molecule has 17 heteroatoms. The van der Waals surface area contributed by atoms with Gasteiger partial charge in [0.1, 0.15) is 5.82 Å². The number of carbonyl (C=O) groups excluding carboxylic acids is 2. The van der Waals surface area contributed by atoms with E-state index in [9.17, 15) is 53.5 Å². The molecule has 0 saturated carbocycles. The number of nitrogens with one attached hydrogen (secondary N) is 2. The number of alkyl halides is 10. The van der Waals surface area contributed by atoms with Crippen LogP contribution in [0.4, 0.5) is 55.7 Å². The van der Waals surface area contributed by atoms with Crippen molar-refractivity contribution < 1.29 is 53.5 Å². The second-order valence-electron chi connectivity index (χ2n) is 6.63. The highest BCUT2D eigenvalue weighted by molar-refractivity contribution is 6.30. The van der Waals surface area contributed by atoms with Gasteiger partial charge in [-0.15, -0.1) is 0 Å². The van der Waals surface area contributed by atoms with Crippen LogP contribution in [0.25, 0.3) is 11.1 Å². The summed E-state index contributed by atoms with van der Waals surface area (Å²) in [6, 6.07) is 4.89. The van der Waals surface area contributed by atoms with Gasteiger partial charge in [-0.2, -0.15) is 48.9 Å². The highest BCUT2D eigenvalue weighted by Crippen LogP contribution is 2.39. The summed E-state index contributed by atoms with van der Waals surface area (Å²) in [5.41, 5.74) is -0.745. The Morgan fingerprint density at radius 2 is 1.26 bits per heavy atom. The second-order valence-corrected chi connectivity index (χ2v) is 7.07. The zero-order chi connectivity index (χ0) is 27.0. The fourth-order valence-corrected chi connectivity index (χ4v) is 2.58. The van der Waals surface area contributed by atoms with E-state index in [1.54, 1.807) is 0 Å². The molecule has 0 fully saturated rings. The predicted molar refractivity (Wildman–Crippen MR) is 101 cm³/mol. The van der Waals surface area contributed by atoms with Gasteiger partial charge in [0.15, 0.2) is 0 Å². The largest absolute Gasteiger partial charge is 0.463 e. The first kappa shape index (κ1) is 28.1. The smallest absolute Gasteiger partial charge is 0.304 e. The van der Waals surface area contributed by atoms with Gasteiger partial charge in [0.2, 0.25) is 5.95 Å². The topological polar surface area (TPSA) is 84.0 Å². The molecule has 1 aromatic heterocycles. The van der Waals surface area contributed by atoms with E-state index < -0.39 is 53.3 Å². The van der Waals surface area contributed by atoms with E-state index in [4.69, 9.17) is 11.6 Å². The van der Waals surface area contributed by atoms with E-state index >= 15 is 0 Å². The van der Waals surface area contributed by atoms with E-state index in [2.05, 4.69) is 9.97 Å². The van der Waals surface area contributed by atoms with Gasteiger partial charge in [-0.25, -0.2) is 4.98 Å². The molecule has 0 saturated heterocycles. The molecule has 0 bridgehead atoms. The normalized spacial score (nSPS) is 12.9. The molecule has 35 heavy (non-hydrogen) atoms. The molecule has 2 amide bonds.